The van der Waals surface area contributed by atoms with Crippen LogP contribution in [-0.2, 0) is 9.53 Å². The summed E-state index contributed by atoms with van der Waals surface area (Å²) in [4.78, 5) is 33.8. The summed E-state index contributed by atoms with van der Waals surface area (Å²) >= 11 is 4.54. The van der Waals surface area contributed by atoms with Crippen molar-refractivity contribution in [2.45, 2.75) is 20.3 Å². The van der Waals surface area contributed by atoms with Gasteiger partial charge in [0.15, 0.2) is 5.78 Å². The van der Waals surface area contributed by atoms with Crippen LogP contribution in [0.4, 0.5) is 0 Å². The number of thiophene rings is 1. The Morgan fingerprint density at radius 3 is 2.56 bits per heavy atom. The minimum atomic E-state index is -0.838. The maximum atomic E-state index is 12.1. The molecule has 0 aliphatic heterocycles. The predicted molar refractivity (Wildman–Crippen MR) is 73.7 cm³/mol. The normalized spacial score (nSPS) is 11.9. The van der Waals surface area contributed by atoms with Crippen LogP contribution < -0.4 is 0 Å². The van der Waals surface area contributed by atoms with E-state index in [1.54, 1.807) is 26.0 Å². The molecule has 1 heterocycles. The van der Waals surface area contributed by atoms with Crippen molar-refractivity contribution in [3.05, 3.63) is 20.8 Å². The molecule has 0 fully saturated rings. The SMILES string of the molecule is CCOC(=O)C(=[OH+])C(CC)C(=O)c1ccc(Br)s1. The largest absolute Gasteiger partial charge is 0.456 e. The number of carbonyl (C=O) groups is 2. The molecule has 1 aromatic heterocycles. The number of hydrogen-bond donors (Lipinski definition) is 0. The molecule has 4 nitrogen and oxygen atoms in total. The van der Waals surface area contributed by atoms with Crippen molar-refractivity contribution in [3.8, 4) is 0 Å². The van der Waals surface area contributed by atoms with E-state index in [1.807, 2.05) is 0 Å². The summed E-state index contributed by atoms with van der Waals surface area (Å²) in [5, 5.41) is 0. The van der Waals surface area contributed by atoms with E-state index in [0.717, 1.165) is 3.79 Å². The lowest BCUT2D eigenvalue weighted by Crippen LogP contribution is -2.31. The summed E-state index contributed by atoms with van der Waals surface area (Å²) in [5.41, 5.74) is 0. The molecule has 18 heavy (non-hydrogen) atoms. The summed E-state index contributed by atoms with van der Waals surface area (Å²) in [6.07, 6.45) is 0.346. The molecule has 0 amide bonds. The molecular weight excluding hydrogens is 320 g/mol. The summed E-state index contributed by atoms with van der Waals surface area (Å²) in [6.45, 7) is 3.54. The minimum Gasteiger partial charge on any atom is -0.456 e. The highest BCUT2D eigenvalue weighted by Crippen LogP contribution is 2.25. The lowest BCUT2D eigenvalue weighted by Gasteiger charge is -2.06. The van der Waals surface area contributed by atoms with Crippen LogP contribution in [0, 0.1) is 5.92 Å². The van der Waals surface area contributed by atoms with Gasteiger partial charge in [0.05, 0.1) is 15.3 Å². The van der Waals surface area contributed by atoms with Crippen LogP contribution in [0.2, 0.25) is 0 Å². The Bertz CT molecular complexity index is 466. The molecule has 0 radical (unpaired) electrons. The second kappa shape index (κ2) is 6.80. The number of Topliss-reactive ketones (excluding diaryl/α,β-unsaturated/α-hetero) is 1. The first-order valence-electron chi connectivity index (χ1n) is 5.53. The monoisotopic (exact) mass is 333 g/mol. The van der Waals surface area contributed by atoms with Crippen LogP contribution in [0.5, 0.6) is 0 Å². The molecule has 6 heteroatoms. The first kappa shape index (κ1) is 15.0. The molecule has 0 aromatic carbocycles. The molecular formula is C12H14BrO4S+. The number of hydrogen-bond acceptors (Lipinski definition) is 4. The van der Waals surface area contributed by atoms with Gasteiger partial charge in [0, 0.05) is 0 Å². The second-order valence-corrected chi connectivity index (χ2v) is 6.00. The zero-order valence-corrected chi connectivity index (χ0v) is 12.5. The third-order valence-electron chi connectivity index (χ3n) is 2.36. The first-order chi connectivity index (χ1) is 8.51. The maximum absolute atomic E-state index is 12.1. The van der Waals surface area contributed by atoms with E-state index in [4.69, 9.17) is 4.74 Å². The minimum absolute atomic E-state index is 0.165. The van der Waals surface area contributed by atoms with Crippen LogP contribution >= 0.6 is 27.3 Å². The van der Waals surface area contributed by atoms with Gasteiger partial charge in [0.1, 0.15) is 5.92 Å². The van der Waals surface area contributed by atoms with Crippen molar-refractivity contribution in [1.82, 2.24) is 0 Å². The Labute approximate surface area is 117 Å². The van der Waals surface area contributed by atoms with Crippen molar-refractivity contribution >= 4 is 44.8 Å². The lowest BCUT2D eigenvalue weighted by molar-refractivity contribution is -0.135. The van der Waals surface area contributed by atoms with Gasteiger partial charge in [-0.15, -0.1) is 11.3 Å². The Balaban J connectivity index is 2.86. The highest BCUT2D eigenvalue weighted by atomic mass is 79.9. The van der Waals surface area contributed by atoms with E-state index < -0.39 is 17.7 Å². The van der Waals surface area contributed by atoms with Crippen LogP contribution in [0.3, 0.4) is 0 Å². The Morgan fingerprint density at radius 2 is 2.11 bits per heavy atom. The maximum Gasteiger partial charge on any atom is 0.432 e. The summed E-state index contributed by atoms with van der Waals surface area (Å²) in [7, 11) is 0. The van der Waals surface area contributed by atoms with Gasteiger partial charge < -0.3 is 4.74 Å². The fraction of sp³-hybridized carbons (Fsp3) is 0.417. The van der Waals surface area contributed by atoms with Crippen molar-refractivity contribution in [2.24, 2.45) is 5.92 Å². The van der Waals surface area contributed by atoms with Crippen LogP contribution in [0.1, 0.15) is 29.9 Å². The molecule has 1 atom stereocenters. The van der Waals surface area contributed by atoms with Crippen molar-refractivity contribution < 1.29 is 19.1 Å². The molecule has 0 saturated carbocycles. The zero-order chi connectivity index (χ0) is 13.7. The molecule has 1 unspecified atom stereocenters. The number of carbonyl (C=O) groups excluding carboxylic acids is 3. The van der Waals surface area contributed by atoms with Crippen molar-refractivity contribution in [1.29, 1.82) is 0 Å². The average Bonchev–Trinajstić information content (AvgIpc) is 2.76. The Kier molecular flexibility index (Phi) is 5.68. The molecule has 0 aliphatic carbocycles. The van der Waals surface area contributed by atoms with Crippen molar-refractivity contribution in [3.63, 3.8) is 0 Å². The van der Waals surface area contributed by atoms with E-state index in [-0.39, 0.29) is 12.4 Å². The van der Waals surface area contributed by atoms with Crippen LogP contribution in [0.15, 0.2) is 15.9 Å². The third kappa shape index (κ3) is 3.49. The standard InChI is InChI=1S/C12H13BrO4S/c1-3-7(11(15)12(16)17-4-2)10(14)8-5-6-9(13)18-8/h5-7H,3-4H2,1-2H3/p+1. The van der Waals surface area contributed by atoms with Gasteiger partial charge in [-0.25, -0.2) is 4.79 Å². The number of rotatable bonds is 6. The fourth-order valence-electron chi connectivity index (χ4n) is 1.47. The topological polar surface area (TPSA) is 64.8 Å². The fourth-order valence-corrected chi connectivity index (χ4v) is 2.85. The molecule has 0 bridgehead atoms. The third-order valence-corrected chi connectivity index (χ3v) is 3.99. The molecule has 1 N–H and O–H groups in total. The van der Waals surface area contributed by atoms with E-state index in [0.29, 0.717) is 11.3 Å². The predicted octanol–water partition coefficient (Wildman–Crippen LogP) is 2.83. The van der Waals surface area contributed by atoms with Crippen LogP contribution in [0.25, 0.3) is 0 Å². The van der Waals surface area contributed by atoms with E-state index in [1.165, 1.54) is 11.3 Å². The van der Waals surface area contributed by atoms with E-state index in [2.05, 4.69) is 15.9 Å². The molecule has 0 spiro atoms. The van der Waals surface area contributed by atoms with Gasteiger partial charge in [0.2, 0.25) is 0 Å². The van der Waals surface area contributed by atoms with E-state index >= 15 is 0 Å². The second-order valence-electron chi connectivity index (χ2n) is 3.53. The summed E-state index contributed by atoms with van der Waals surface area (Å²) < 4.78 is 5.52. The van der Waals surface area contributed by atoms with Gasteiger partial charge in [-0.1, -0.05) is 6.92 Å². The quantitative estimate of drug-likeness (QED) is 0.264. The van der Waals surface area contributed by atoms with Gasteiger partial charge in [-0.2, -0.15) is 0 Å². The van der Waals surface area contributed by atoms with Gasteiger partial charge >= 0.3 is 11.8 Å². The first-order valence-corrected chi connectivity index (χ1v) is 7.14. The molecule has 0 saturated heterocycles. The summed E-state index contributed by atoms with van der Waals surface area (Å²) in [5.74, 6) is -2.45. The average molecular weight is 334 g/mol. The molecule has 1 rings (SSSR count). The summed E-state index contributed by atoms with van der Waals surface area (Å²) in [6, 6.07) is 3.42. The Morgan fingerprint density at radius 1 is 1.44 bits per heavy atom. The molecule has 1 aromatic rings. The smallest absolute Gasteiger partial charge is 0.432 e. The highest BCUT2D eigenvalue weighted by Gasteiger charge is 2.38. The Hall–Kier alpha value is -1.01. The number of esters is 1. The van der Waals surface area contributed by atoms with Gasteiger partial charge in [-0.05, 0) is 41.4 Å². The van der Waals surface area contributed by atoms with Gasteiger partial charge in [0.25, 0.3) is 0 Å². The number of ketones is 2. The molecule has 0 aliphatic rings. The van der Waals surface area contributed by atoms with Gasteiger partial charge in [-0.3, -0.25) is 9.59 Å². The zero-order valence-electron chi connectivity index (χ0n) is 10.1. The van der Waals surface area contributed by atoms with E-state index in [9.17, 15) is 14.4 Å². The van der Waals surface area contributed by atoms with Crippen molar-refractivity contribution in [2.75, 3.05) is 6.61 Å². The molecule has 98 valence electrons. The van der Waals surface area contributed by atoms with Crippen LogP contribution in [-0.4, -0.2) is 28.9 Å². The lowest BCUT2D eigenvalue weighted by atomic mass is 9.95. The highest BCUT2D eigenvalue weighted by molar-refractivity contribution is 9.11. The number of ether oxygens (including phenoxy) is 1. The number of halogens is 1.